The molecule has 19 heavy (non-hydrogen) atoms. The fourth-order valence-corrected chi connectivity index (χ4v) is 2.83. The number of benzene rings is 1. The maximum Gasteiger partial charge on any atom is 0.315 e. The van der Waals surface area contributed by atoms with E-state index in [4.69, 9.17) is 0 Å². The molecule has 1 fully saturated rings. The molecule has 1 aromatic carbocycles. The Balaban J connectivity index is 1.65. The van der Waals surface area contributed by atoms with Gasteiger partial charge in [-0.15, -0.1) is 11.8 Å². The molecule has 3 nitrogen and oxygen atoms in total. The van der Waals surface area contributed by atoms with Gasteiger partial charge in [0.25, 0.3) is 0 Å². The van der Waals surface area contributed by atoms with Crippen molar-refractivity contribution in [1.29, 1.82) is 0 Å². The van der Waals surface area contributed by atoms with Crippen molar-refractivity contribution in [2.24, 2.45) is 0 Å². The van der Waals surface area contributed by atoms with Gasteiger partial charge in [0.05, 0.1) is 0 Å². The molecule has 2 amide bonds. The maximum absolute atomic E-state index is 11.7. The SMILES string of the molecule is CSc1ccc(CCNC(=O)NC2CCCC2)cc1. The second-order valence-corrected chi connectivity index (χ2v) is 5.86. The van der Waals surface area contributed by atoms with Crippen LogP contribution in [0.5, 0.6) is 0 Å². The van der Waals surface area contributed by atoms with E-state index in [1.165, 1.54) is 23.3 Å². The molecular formula is C15H22N2OS. The van der Waals surface area contributed by atoms with Gasteiger partial charge in [0.1, 0.15) is 0 Å². The zero-order chi connectivity index (χ0) is 13.5. The molecule has 0 saturated heterocycles. The summed E-state index contributed by atoms with van der Waals surface area (Å²) in [4.78, 5) is 12.9. The van der Waals surface area contributed by atoms with Crippen LogP contribution in [0, 0.1) is 0 Å². The lowest BCUT2D eigenvalue weighted by Crippen LogP contribution is -2.41. The molecule has 1 aromatic rings. The topological polar surface area (TPSA) is 41.1 Å². The zero-order valence-corrected chi connectivity index (χ0v) is 12.3. The first-order chi connectivity index (χ1) is 9.28. The summed E-state index contributed by atoms with van der Waals surface area (Å²) >= 11 is 1.74. The molecule has 0 heterocycles. The maximum atomic E-state index is 11.7. The Kier molecular flexibility index (Phi) is 5.58. The van der Waals surface area contributed by atoms with Crippen molar-refractivity contribution in [3.63, 3.8) is 0 Å². The first-order valence-corrected chi connectivity index (χ1v) is 8.17. The molecule has 0 atom stereocenters. The van der Waals surface area contributed by atoms with Crippen molar-refractivity contribution in [3.05, 3.63) is 29.8 Å². The summed E-state index contributed by atoms with van der Waals surface area (Å²) < 4.78 is 0. The van der Waals surface area contributed by atoms with Gasteiger partial charge >= 0.3 is 6.03 Å². The molecule has 0 bridgehead atoms. The van der Waals surface area contributed by atoms with Crippen molar-refractivity contribution in [1.82, 2.24) is 10.6 Å². The molecule has 1 aliphatic rings. The molecule has 0 spiro atoms. The number of thioether (sulfide) groups is 1. The van der Waals surface area contributed by atoms with Crippen LogP contribution in [-0.4, -0.2) is 24.9 Å². The highest BCUT2D eigenvalue weighted by atomic mass is 32.2. The summed E-state index contributed by atoms with van der Waals surface area (Å²) in [5.74, 6) is 0. The molecule has 2 rings (SSSR count). The average Bonchev–Trinajstić information content (AvgIpc) is 2.92. The Morgan fingerprint density at radius 3 is 2.58 bits per heavy atom. The minimum atomic E-state index is -0.0207. The third kappa shape index (κ3) is 4.78. The van der Waals surface area contributed by atoms with Gasteiger partial charge in [0, 0.05) is 17.5 Å². The average molecular weight is 278 g/mol. The lowest BCUT2D eigenvalue weighted by molar-refractivity contribution is 0.237. The molecule has 0 aromatic heterocycles. The molecule has 1 aliphatic carbocycles. The van der Waals surface area contributed by atoms with Gasteiger partial charge in [-0.1, -0.05) is 25.0 Å². The largest absolute Gasteiger partial charge is 0.338 e. The van der Waals surface area contributed by atoms with Crippen molar-refractivity contribution in [2.45, 2.75) is 43.0 Å². The third-order valence-electron chi connectivity index (χ3n) is 3.55. The van der Waals surface area contributed by atoms with Crippen LogP contribution in [0.25, 0.3) is 0 Å². The molecule has 0 unspecified atom stereocenters. The standard InChI is InChI=1S/C15H22N2OS/c1-19-14-8-6-12(7-9-14)10-11-16-15(18)17-13-4-2-3-5-13/h6-9,13H,2-5,10-11H2,1H3,(H2,16,17,18). The van der Waals surface area contributed by atoms with E-state index in [-0.39, 0.29) is 6.03 Å². The van der Waals surface area contributed by atoms with E-state index in [9.17, 15) is 4.79 Å². The number of carbonyl (C=O) groups excluding carboxylic acids is 1. The van der Waals surface area contributed by atoms with E-state index in [0.717, 1.165) is 19.3 Å². The fraction of sp³-hybridized carbons (Fsp3) is 0.533. The van der Waals surface area contributed by atoms with Crippen LogP contribution in [0.2, 0.25) is 0 Å². The Hall–Kier alpha value is -1.16. The minimum Gasteiger partial charge on any atom is -0.338 e. The fourth-order valence-electron chi connectivity index (χ4n) is 2.42. The van der Waals surface area contributed by atoms with Crippen molar-refractivity contribution in [3.8, 4) is 0 Å². The lowest BCUT2D eigenvalue weighted by Gasteiger charge is -2.12. The highest BCUT2D eigenvalue weighted by Gasteiger charge is 2.16. The van der Waals surface area contributed by atoms with Gasteiger partial charge < -0.3 is 10.6 Å². The zero-order valence-electron chi connectivity index (χ0n) is 11.4. The Morgan fingerprint density at radius 1 is 1.26 bits per heavy atom. The number of hydrogen-bond donors (Lipinski definition) is 2. The third-order valence-corrected chi connectivity index (χ3v) is 4.29. The number of hydrogen-bond acceptors (Lipinski definition) is 2. The molecule has 0 aliphatic heterocycles. The molecule has 1 saturated carbocycles. The number of carbonyl (C=O) groups is 1. The van der Waals surface area contributed by atoms with Gasteiger partial charge in [0.2, 0.25) is 0 Å². The van der Waals surface area contributed by atoms with Crippen molar-refractivity contribution >= 4 is 17.8 Å². The molecular weight excluding hydrogens is 256 g/mol. The lowest BCUT2D eigenvalue weighted by atomic mass is 10.1. The van der Waals surface area contributed by atoms with E-state index in [2.05, 4.69) is 41.2 Å². The highest BCUT2D eigenvalue weighted by Crippen LogP contribution is 2.17. The smallest absolute Gasteiger partial charge is 0.315 e. The number of rotatable bonds is 5. The second-order valence-electron chi connectivity index (χ2n) is 4.98. The molecule has 104 valence electrons. The summed E-state index contributed by atoms with van der Waals surface area (Å²) in [6, 6.07) is 8.87. The number of urea groups is 1. The van der Waals surface area contributed by atoms with E-state index in [1.807, 2.05) is 0 Å². The van der Waals surface area contributed by atoms with Crippen LogP contribution >= 0.6 is 11.8 Å². The van der Waals surface area contributed by atoms with E-state index in [1.54, 1.807) is 11.8 Å². The van der Waals surface area contributed by atoms with Gasteiger partial charge in [-0.2, -0.15) is 0 Å². The van der Waals surface area contributed by atoms with Crippen molar-refractivity contribution in [2.75, 3.05) is 12.8 Å². The summed E-state index contributed by atoms with van der Waals surface area (Å²) in [7, 11) is 0. The van der Waals surface area contributed by atoms with Crippen LogP contribution in [0.3, 0.4) is 0 Å². The van der Waals surface area contributed by atoms with Crippen molar-refractivity contribution < 1.29 is 4.79 Å². The first kappa shape index (κ1) is 14.3. The van der Waals surface area contributed by atoms with Gasteiger partial charge in [-0.05, 0) is 43.2 Å². The van der Waals surface area contributed by atoms with Crippen LogP contribution < -0.4 is 10.6 Å². The number of amides is 2. The summed E-state index contributed by atoms with van der Waals surface area (Å²) in [5, 5.41) is 5.96. The summed E-state index contributed by atoms with van der Waals surface area (Å²) in [5.41, 5.74) is 1.26. The summed E-state index contributed by atoms with van der Waals surface area (Å²) in [6.45, 7) is 0.692. The van der Waals surface area contributed by atoms with E-state index < -0.39 is 0 Å². The predicted octanol–water partition coefficient (Wildman–Crippen LogP) is 3.19. The first-order valence-electron chi connectivity index (χ1n) is 6.95. The molecule has 2 N–H and O–H groups in total. The quantitative estimate of drug-likeness (QED) is 0.812. The molecule has 4 heteroatoms. The minimum absolute atomic E-state index is 0.0207. The van der Waals surface area contributed by atoms with Crippen LogP contribution in [0.15, 0.2) is 29.2 Å². The monoisotopic (exact) mass is 278 g/mol. The van der Waals surface area contributed by atoms with E-state index in [0.29, 0.717) is 12.6 Å². The normalized spacial score (nSPS) is 15.4. The predicted molar refractivity (Wildman–Crippen MR) is 80.7 cm³/mol. The Labute approximate surface area is 119 Å². The Bertz CT molecular complexity index is 399. The summed E-state index contributed by atoms with van der Waals surface area (Å²) in [6.07, 6.45) is 7.70. The highest BCUT2D eigenvalue weighted by molar-refractivity contribution is 7.98. The molecule has 0 radical (unpaired) electrons. The van der Waals surface area contributed by atoms with Crippen LogP contribution in [-0.2, 0) is 6.42 Å². The van der Waals surface area contributed by atoms with Gasteiger partial charge in [-0.3, -0.25) is 0 Å². The number of nitrogens with one attached hydrogen (secondary N) is 2. The van der Waals surface area contributed by atoms with Crippen LogP contribution in [0.1, 0.15) is 31.2 Å². The van der Waals surface area contributed by atoms with E-state index >= 15 is 0 Å². The van der Waals surface area contributed by atoms with Gasteiger partial charge in [0.15, 0.2) is 0 Å². The van der Waals surface area contributed by atoms with Crippen LogP contribution in [0.4, 0.5) is 4.79 Å². The second kappa shape index (κ2) is 7.43. The Morgan fingerprint density at radius 2 is 1.95 bits per heavy atom. The van der Waals surface area contributed by atoms with Gasteiger partial charge in [-0.25, -0.2) is 4.79 Å².